The molecule has 98 valence electrons. The first-order valence-corrected chi connectivity index (χ1v) is 7.02. The fraction of sp³-hybridized carbons (Fsp3) is 0.929. The first-order chi connectivity index (χ1) is 8.01. The number of hydrogen-bond donors (Lipinski definition) is 0. The Hall–Kier alpha value is -0.410. The van der Waals surface area contributed by atoms with E-state index in [1.165, 1.54) is 38.8 Å². The van der Waals surface area contributed by atoms with Gasteiger partial charge in [0.15, 0.2) is 0 Å². The molecule has 2 fully saturated rings. The number of carbonyl (C=O) groups excluding carboxylic acids is 1. The van der Waals surface area contributed by atoms with Gasteiger partial charge in [-0.05, 0) is 59.5 Å². The third-order valence-corrected chi connectivity index (χ3v) is 4.77. The summed E-state index contributed by atoms with van der Waals surface area (Å²) in [6.07, 6.45) is 5.21. The highest BCUT2D eigenvalue weighted by molar-refractivity contribution is 5.85. The van der Waals surface area contributed by atoms with E-state index >= 15 is 0 Å². The van der Waals surface area contributed by atoms with E-state index in [0.29, 0.717) is 0 Å². The lowest BCUT2D eigenvalue weighted by Crippen LogP contribution is -2.54. The summed E-state index contributed by atoms with van der Waals surface area (Å²) in [6.45, 7) is 10.6. The molecule has 0 aromatic carbocycles. The second kappa shape index (κ2) is 5.07. The van der Waals surface area contributed by atoms with Crippen LogP contribution in [0.3, 0.4) is 0 Å². The van der Waals surface area contributed by atoms with Gasteiger partial charge in [-0.15, -0.1) is 0 Å². The van der Waals surface area contributed by atoms with Crippen LogP contribution in [0.4, 0.5) is 0 Å². The zero-order chi connectivity index (χ0) is 12.5. The molecule has 3 nitrogen and oxygen atoms in total. The lowest BCUT2D eigenvalue weighted by atomic mass is 9.93. The van der Waals surface area contributed by atoms with Crippen molar-refractivity contribution in [1.29, 1.82) is 0 Å². The van der Waals surface area contributed by atoms with Gasteiger partial charge in [0, 0.05) is 19.1 Å². The maximum absolute atomic E-state index is 11.7. The molecule has 0 aromatic rings. The minimum absolute atomic E-state index is 0.268. The zero-order valence-electron chi connectivity index (χ0n) is 11.5. The van der Waals surface area contributed by atoms with E-state index in [9.17, 15) is 4.79 Å². The Bertz CT molecular complexity index is 274. The van der Waals surface area contributed by atoms with E-state index in [4.69, 9.17) is 0 Å². The Morgan fingerprint density at radius 2 is 1.59 bits per heavy atom. The van der Waals surface area contributed by atoms with Crippen molar-refractivity contribution >= 4 is 5.78 Å². The van der Waals surface area contributed by atoms with Crippen molar-refractivity contribution in [2.45, 2.75) is 58.0 Å². The maximum Gasteiger partial charge on any atom is 0.149 e. The molecular weight excluding hydrogens is 212 g/mol. The molecule has 0 spiro atoms. The summed E-state index contributed by atoms with van der Waals surface area (Å²) in [5, 5.41) is 0. The van der Waals surface area contributed by atoms with E-state index in [2.05, 4.69) is 23.6 Å². The van der Waals surface area contributed by atoms with Gasteiger partial charge in [0.1, 0.15) is 5.78 Å². The predicted molar refractivity (Wildman–Crippen MR) is 70.2 cm³/mol. The van der Waals surface area contributed by atoms with Crippen LogP contribution in [0.2, 0.25) is 0 Å². The lowest BCUT2D eigenvalue weighted by Gasteiger charge is -2.43. The minimum atomic E-state index is -0.268. The van der Waals surface area contributed by atoms with Gasteiger partial charge in [0.2, 0.25) is 0 Å². The molecule has 2 saturated heterocycles. The molecule has 0 bridgehead atoms. The van der Waals surface area contributed by atoms with Crippen molar-refractivity contribution in [2.24, 2.45) is 0 Å². The summed E-state index contributed by atoms with van der Waals surface area (Å²) in [6, 6.07) is 0.775. The standard InChI is InChI=1S/C14H26N2O/c1-12(17)14(2,3)16-10-6-13(7-11-16)15-8-4-5-9-15/h13H,4-11H2,1-3H3. The highest BCUT2D eigenvalue weighted by atomic mass is 16.1. The number of carbonyl (C=O) groups is 1. The van der Waals surface area contributed by atoms with Gasteiger partial charge in [-0.3, -0.25) is 9.69 Å². The average Bonchev–Trinajstić information content (AvgIpc) is 2.82. The maximum atomic E-state index is 11.7. The number of likely N-dealkylation sites (tertiary alicyclic amines) is 2. The molecule has 0 N–H and O–H groups in total. The SMILES string of the molecule is CC(=O)C(C)(C)N1CCC(N2CCCC2)CC1. The first-order valence-electron chi connectivity index (χ1n) is 7.02. The first kappa shape index (κ1) is 13.0. The summed E-state index contributed by atoms with van der Waals surface area (Å²) in [4.78, 5) is 16.7. The fourth-order valence-electron chi connectivity index (χ4n) is 3.12. The molecule has 0 aromatic heterocycles. The number of piperidine rings is 1. The summed E-state index contributed by atoms with van der Waals surface area (Å²) < 4.78 is 0. The Kier molecular flexibility index (Phi) is 3.88. The Morgan fingerprint density at radius 1 is 1.06 bits per heavy atom. The second-order valence-corrected chi connectivity index (χ2v) is 6.08. The van der Waals surface area contributed by atoms with Crippen LogP contribution < -0.4 is 0 Å². The quantitative estimate of drug-likeness (QED) is 0.750. The van der Waals surface area contributed by atoms with Gasteiger partial charge >= 0.3 is 0 Å². The van der Waals surface area contributed by atoms with Crippen LogP contribution >= 0.6 is 0 Å². The molecule has 2 aliphatic heterocycles. The van der Waals surface area contributed by atoms with Crippen molar-refractivity contribution < 1.29 is 4.79 Å². The molecule has 0 amide bonds. The normalized spacial score (nSPS) is 25.4. The Balaban J connectivity index is 1.87. The van der Waals surface area contributed by atoms with E-state index in [-0.39, 0.29) is 11.3 Å². The Labute approximate surface area is 105 Å². The van der Waals surface area contributed by atoms with Crippen molar-refractivity contribution in [1.82, 2.24) is 9.80 Å². The molecule has 0 saturated carbocycles. The summed E-state index contributed by atoms with van der Waals surface area (Å²) in [5.74, 6) is 0.289. The van der Waals surface area contributed by atoms with Gasteiger partial charge < -0.3 is 4.90 Å². The summed E-state index contributed by atoms with van der Waals surface area (Å²) >= 11 is 0. The summed E-state index contributed by atoms with van der Waals surface area (Å²) in [5.41, 5.74) is -0.268. The summed E-state index contributed by atoms with van der Waals surface area (Å²) in [7, 11) is 0. The zero-order valence-corrected chi connectivity index (χ0v) is 11.5. The smallest absolute Gasteiger partial charge is 0.149 e. The van der Waals surface area contributed by atoms with Crippen LogP contribution in [0.1, 0.15) is 46.5 Å². The minimum Gasteiger partial charge on any atom is -0.300 e. The number of rotatable bonds is 3. The third-order valence-electron chi connectivity index (χ3n) is 4.77. The van der Waals surface area contributed by atoms with Gasteiger partial charge in [0.05, 0.1) is 5.54 Å². The Morgan fingerprint density at radius 3 is 2.06 bits per heavy atom. The largest absolute Gasteiger partial charge is 0.300 e. The molecule has 0 radical (unpaired) electrons. The van der Waals surface area contributed by atoms with E-state index in [1.54, 1.807) is 6.92 Å². The van der Waals surface area contributed by atoms with Crippen LogP contribution in [0.5, 0.6) is 0 Å². The van der Waals surface area contributed by atoms with Crippen molar-refractivity contribution in [3.8, 4) is 0 Å². The average molecular weight is 238 g/mol. The van der Waals surface area contributed by atoms with E-state index < -0.39 is 0 Å². The molecule has 0 atom stereocenters. The topological polar surface area (TPSA) is 23.6 Å². The van der Waals surface area contributed by atoms with Gasteiger partial charge in [0.25, 0.3) is 0 Å². The molecule has 0 aliphatic carbocycles. The lowest BCUT2D eigenvalue weighted by molar-refractivity contribution is -0.128. The van der Waals surface area contributed by atoms with Crippen LogP contribution in [0.25, 0.3) is 0 Å². The van der Waals surface area contributed by atoms with Crippen molar-refractivity contribution in [3.63, 3.8) is 0 Å². The number of nitrogens with zero attached hydrogens (tertiary/aromatic N) is 2. The fourth-order valence-corrected chi connectivity index (χ4v) is 3.12. The van der Waals surface area contributed by atoms with E-state index in [1.807, 2.05) is 0 Å². The highest BCUT2D eigenvalue weighted by Crippen LogP contribution is 2.25. The number of Topliss-reactive ketones (excluding diaryl/α,β-unsaturated/α-hetero) is 1. The van der Waals surface area contributed by atoms with Crippen LogP contribution in [0.15, 0.2) is 0 Å². The van der Waals surface area contributed by atoms with Gasteiger partial charge in [-0.25, -0.2) is 0 Å². The second-order valence-electron chi connectivity index (χ2n) is 6.08. The van der Waals surface area contributed by atoms with Gasteiger partial charge in [-0.1, -0.05) is 0 Å². The van der Waals surface area contributed by atoms with Crippen molar-refractivity contribution in [2.75, 3.05) is 26.2 Å². The highest BCUT2D eigenvalue weighted by Gasteiger charge is 2.35. The molecule has 17 heavy (non-hydrogen) atoms. The molecule has 2 heterocycles. The third kappa shape index (κ3) is 2.71. The molecular formula is C14H26N2O. The van der Waals surface area contributed by atoms with Crippen LogP contribution in [-0.4, -0.2) is 53.3 Å². The molecule has 2 rings (SSSR count). The van der Waals surface area contributed by atoms with Crippen LogP contribution in [-0.2, 0) is 4.79 Å². The van der Waals surface area contributed by atoms with E-state index in [0.717, 1.165) is 19.1 Å². The monoisotopic (exact) mass is 238 g/mol. The number of ketones is 1. The van der Waals surface area contributed by atoms with Crippen LogP contribution in [0, 0.1) is 0 Å². The number of hydrogen-bond acceptors (Lipinski definition) is 3. The van der Waals surface area contributed by atoms with Gasteiger partial charge in [-0.2, -0.15) is 0 Å². The predicted octanol–water partition coefficient (Wildman–Crippen LogP) is 1.91. The molecule has 2 aliphatic rings. The molecule has 3 heteroatoms. The van der Waals surface area contributed by atoms with Crippen molar-refractivity contribution in [3.05, 3.63) is 0 Å². The molecule has 0 unspecified atom stereocenters.